The minimum atomic E-state index is -3.76. The highest BCUT2D eigenvalue weighted by Crippen LogP contribution is 2.33. The molecule has 0 saturated heterocycles. The largest absolute Gasteiger partial charge is 0.341 e. The third-order valence-corrected chi connectivity index (χ3v) is 7.97. The van der Waals surface area contributed by atoms with Gasteiger partial charge in [-0.05, 0) is 62.2 Å². The van der Waals surface area contributed by atoms with Crippen LogP contribution in [-0.2, 0) is 16.4 Å². The number of nitrogens with two attached hydrogens (primary N) is 1. The summed E-state index contributed by atoms with van der Waals surface area (Å²) in [5.41, 5.74) is 9.29. The molecule has 172 valence electrons. The number of aromatic nitrogens is 3. The van der Waals surface area contributed by atoms with Gasteiger partial charge >= 0.3 is 0 Å². The molecule has 33 heavy (non-hydrogen) atoms. The van der Waals surface area contributed by atoms with Gasteiger partial charge in [0.15, 0.2) is 9.84 Å². The molecule has 0 bridgehead atoms. The van der Waals surface area contributed by atoms with E-state index in [1.807, 2.05) is 49.4 Å². The Morgan fingerprint density at radius 2 is 1.79 bits per heavy atom. The van der Waals surface area contributed by atoms with Gasteiger partial charge in [0.1, 0.15) is 11.1 Å². The molecule has 0 fully saturated rings. The van der Waals surface area contributed by atoms with Gasteiger partial charge in [-0.1, -0.05) is 36.4 Å². The van der Waals surface area contributed by atoms with Crippen molar-refractivity contribution >= 4 is 20.9 Å². The first-order valence-electron chi connectivity index (χ1n) is 11.1. The predicted molar refractivity (Wildman–Crippen MR) is 130 cm³/mol. The molecule has 2 heterocycles. The molecule has 7 nitrogen and oxygen atoms in total. The molecule has 0 saturated carbocycles. The number of aromatic amines is 1. The second-order valence-corrected chi connectivity index (χ2v) is 10.2. The second kappa shape index (κ2) is 10.2. The van der Waals surface area contributed by atoms with E-state index in [1.54, 1.807) is 30.5 Å². The zero-order valence-corrected chi connectivity index (χ0v) is 19.4. The van der Waals surface area contributed by atoms with Crippen LogP contribution >= 0.6 is 0 Å². The smallest absolute Gasteiger partial charge is 0.190 e. The zero-order chi connectivity index (χ0) is 23.3. The van der Waals surface area contributed by atoms with Gasteiger partial charge in [0.05, 0.1) is 21.6 Å². The van der Waals surface area contributed by atoms with E-state index in [2.05, 4.69) is 20.3 Å². The van der Waals surface area contributed by atoms with Crippen molar-refractivity contribution in [1.82, 2.24) is 20.3 Å². The maximum absolute atomic E-state index is 13.9. The molecule has 2 unspecified atom stereocenters. The molecular formula is C25H29N5O2S. The molecule has 0 aliphatic heterocycles. The van der Waals surface area contributed by atoms with Gasteiger partial charge < -0.3 is 16.0 Å². The SMILES string of the molecule is Cc1cccnc1CNC(CCCN)C(c1nc2ccccc2[nH]1)S(=O)(=O)c1ccccc1. The lowest BCUT2D eigenvalue weighted by atomic mass is 10.1. The molecular weight excluding hydrogens is 434 g/mol. The normalized spacial score (nSPS) is 13.8. The minimum absolute atomic E-state index is 0.268. The molecule has 0 aliphatic rings. The van der Waals surface area contributed by atoms with Crippen LogP contribution in [0.2, 0.25) is 0 Å². The molecule has 0 amide bonds. The van der Waals surface area contributed by atoms with Gasteiger partial charge in [-0.2, -0.15) is 0 Å². The molecule has 0 radical (unpaired) electrons. The summed E-state index contributed by atoms with van der Waals surface area (Å²) in [6, 6.07) is 19.6. The van der Waals surface area contributed by atoms with Crippen LogP contribution in [0.1, 0.15) is 35.2 Å². The van der Waals surface area contributed by atoms with E-state index in [0.717, 1.165) is 22.3 Å². The van der Waals surface area contributed by atoms with Gasteiger partial charge in [-0.3, -0.25) is 4.98 Å². The number of H-pyrrole nitrogens is 1. The Morgan fingerprint density at radius 3 is 2.52 bits per heavy atom. The number of nitrogens with one attached hydrogen (secondary N) is 2. The van der Waals surface area contributed by atoms with E-state index >= 15 is 0 Å². The number of para-hydroxylation sites is 2. The van der Waals surface area contributed by atoms with Crippen LogP contribution in [0, 0.1) is 6.92 Å². The van der Waals surface area contributed by atoms with Gasteiger partial charge in [-0.15, -0.1) is 0 Å². The number of fused-ring (bicyclic) bond motifs is 1. The van der Waals surface area contributed by atoms with Gasteiger partial charge in [0.25, 0.3) is 0 Å². The standard InChI is InChI=1S/C25H29N5O2S/c1-18-9-8-16-27-23(18)17-28-22(14-7-15-26)24(33(31,32)19-10-3-2-4-11-19)25-29-20-12-5-6-13-21(20)30-25/h2-6,8-13,16,22,24,28H,7,14-15,17,26H2,1H3,(H,29,30). The maximum atomic E-state index is 13.9. The summed E-state index contributed by atoms with van der Waals surface area (Å²) >= 11 is 0. The lowest BCUT2D eigenvalue weighted by molar-refractivity contribution is 0.432. The highest BCUT2D eigenvalue weighted by molar-refractivity contribution is 7.91. The first kappa shape index (κ1) is 23.1. The molecule has 2 aromatic carbocycles. The number of pyridine rings is 1. The highest BCUT2D eigenvalue weighted by atomic mass is 32.2. The lowest BCUT2D eigenvalue weighted by Crippen LogP contribution is -2.39. The Morgan fingerprint density at radius 1 is 1.03 bits per heavy atom. The molecule has 2 aromatic heterocycles. The molecule has 4 rings (SSSR count). The summed E-state index contributed by atoms with van der Waals surface area (Å²) in [7, 11) is -3.76. The van der Waals surface area contributed by atoms with Gasteiger partial charge in [-0.25, -0.2) is 13.4 Å². The van der Waals surface area contributed by atoms with Crippen molar-refractivity contribution in [1.29, 1.82) is 0 Å². The summed E-state index contributed by atoms with van der Waals surface area (Å²) in [5, 5.41) is 2.56. The Bertz CT molecular complexity index is 1270. The quantitative estimate of drug-likeness (QED) is 0.331. The monoisotopic (exact) mass is 463 g/mol. The third kappa shape index (κ3) is 5.13. The van der Waals surface area contributed by atoms with E-state index in [4.69, 9.17) is 5.73 Å². The molecule has 4 N–H and O–H groups in total. The second-order valence-electron chi connectivity index (χ2n) is 8.10. The van der Waals surface area contributed by atoms with E-state index in [-0.39, 0.29) is 4.90 Å². The van der Waals surface area contributed by atoms with Crippen molar-refractivity contribution in [3.05, 3.63) is 90.0 Å². The maximum Gasteiger partial charge on any atom is 0.190 e. The Hall–Kier alpha value is -3.07. The molecule has 0 spiro atoms. The number of aryl methyl sites for hydroxylation is 1. The van der Waals surface area contributed by atoms with E-state index in [1.165, 1.54) is 0 Å². The number of hydrogen-bond acceptors (Lipinski definition) is 6. The topological polar surface area (TPSA) is 114 Å². The van der Waals surface area contributed by atoms with Crippen molar-refractivity contribution in [2.24, 2.45) is 5.73 Å². The number of nitrogens with zero attached hydrogens (tertiary/aromatic N) is 2. The fraction of sp³-hybridized carbons (Fsp3) is 0.280. The predicted octanol–water partition coefficient (Wildman–Crippen LogP) is 3.68. The number of sulfone groups is 1. The van der Waals surface area contributed by atoms with Crippen LogP contribution in [-0.4, -0.2) is 36.0 Å². The van der Waals surface area contributed by atoms with Crippen molar-refractivity contribution in [2.45, 2.75) is 42.5 Å². The summed E-state index contributed by atoms with van der Waals surface area (Å²) in [5.74, 6) is 0.423. The number of benzene rings is 2. The summed E-state index contributed by atoms with van der Waals surface area (Å²) in [4.78, 5) is 12.7. The zero-order valence-electron chi connectivity index (χ0n) is 18.6. The Kier molecular flexibility index (Phi) is 7.17. The number of imidazole rings is 1. The van der Waals surface area contributed by atoms with Crippen molar-refractivity contribution in [2.75, 3.05) is 6.54 Å². The highest BCUT2D eigenvalue weighted by Gasteiger charge is 2.38. The van der Waals surface area contributed by atoms with Crippen molar-refractivity contribution < 1.29 is 8.42 Å². The molecule has 0 aliphatic carbocycles. The Labute approximate surface area is 194 Å². The van der Waals surface area contributed by atoms with Crippen LogP contribution < -0.4 is 11.1 Å². The third-order valence-electron chi connectivity index (χ3n) is 5.82. The lowest BCUT2D eigenvalue weighted by Gasteiger charge is -2.27. The van der Waals surface area contributed by atoms with E-state index in [9.17, 15) is 8.42 Å². The number of hydrogen-bond donors (Lipinski definition) is 3. The molecule has 4 aromatic rings. The first-order chi connectivity index (χ1) is 16.0. The van der Waals surface area contributed by atoms with E-state index < -0.39 is 21.1 Å². The van der Waals surface area contributed by atoms with Crippen LogP contribution in [0.4, 0.5) is 0 Å². The fourth-order valence-corrected chi connectivity index (χ4v) is 5.95. The average molecular weight is 464 g/mol. The van der Waals surface area contributed by atoms with Crippen LogP contribution in [0.3, 0.4) is 0 Å². The van der Waals surface area contributed by atoms with Crippen LogP contribution in [0.15, 0.2) is 77.8 Å². The van der Waals surface area contributed by atoms with Gasteiger partial charge in [0.2, 0.25) is 0 Å². The van der Waals surface area contributed by atoms with Crippen molar-refractivity contribution in [3.63, 3.8) is 0 Å². The van der Waals surface area contributed by atoms with E-state index in [0.29, 0.717) is 31.8 Å². The van der Waals surface area contributed by atoms with Gasteiger partial charge in [0, 0.05) is 18.8 Å². The Balaban J connectivity index is 1.78. The van der Waals surface area contributed by atoms with Crippen molar-refractivity contribution in [3.8, 4) is 0 Å². The summed E-state index contributed by atoms with van der Waals surface area (Å²) in [6.45, 7) is 2.92. The first-order valence-corrected chi connectivity index (χ1v) is 12.6. The molecule has 8 heteroatoms. The van der Waals surface area contributed by atoms with Crippen LogP contribution in [0.25, 0.3) is 11.0 Å². The number of rotatable bonds is 10. The summed E-state index contributed by atoms with van der Waals surface area (Å²) in [6.07, 6.45) is 3.01. The van der Waals surface area contributed by atoms with Crippen LogP contribution in [0.5, 0.6) is 0 Å². The molecule has 2 atom stereocenters. The minimum Gasteiger partial charge on any atom is -0.341 e. The summed E-state index contributed by atoms with van der Waals surface area (Å²) < 4.78 is 27.9. The fourth-order valence-electron chi connectivity index (χ4n) is 4.05. The average Bonchev–Trinajstić information content (AvgIpc) is 3.25.